The lowest BCUT2D eigenvalue weighted by molar-refractivity contribution is 0.534. The molecule has 0 aliphatic carbocycles. The minimum absolute atomic E-state index is 0.172. The maximum atomic E-state index is 6.19. The normalized spacial score (nSPS) is 12.4. The van der Waals surface area contributed by atoms with Crippen LogP contribution in [0.1, 0.15) is 29.8 Å². The van der Waals surface area contributed by atoms with Gasteiger partial charge in [0.2, 0.25) is 0 Å². The molecule has 3 nitrogen and oxygen atoms in total. The van der Waals surface area contributed by atoms with E-state index in [4.69, 9.17) is 11.6 Å². The molecular weight excluding hydrogens is 258 g/mol. The Kier molecular flexibility index (Phi) is 4.88. The first kappa shape index (κ1) is 14.0. The standard InChI is InChI=1S/C15H18ClN3/c1-3-18-14(15-11(2)5-4-7-19-15)9-12-6-8-17-10-13(12)16/h4-8,10,14,18H,3,9H2,1-2H3. The zero-order chi connectivity index (χ0) is 13.7. The van der Waals surface area contributed by atoms with E-state index in [0.29, 0.717) is 5.02 Å². The molecule has 2 aromatic heterocycles. The Balaban J connectivity index is 2.27. The molecule has 0 amide bonds. The third-order valence-electron chi connectivity index (χ3n) is 3.11. The highest BCUT2D eigenvalue weighted by molar-refractivity contribution is 6.31. The zero-order valence-corrected chi connectivity index (χ0v) is 12.0. The fraction of sp³-hybridized carbons (Fsp3) is 0.333. The van der Waals surface area contributed by atoms with E-state index in [1.165, 1.54) is 5.56 Å². The van der Waals surface area contributed by atoms with Gasteiger partial charge >= 0.3 is 0 Å². The van der Waals surface area contributed by atoms with E-state index in [2.05, 4.69) is 35.2 Å². The Labute approximate surface area is 119 Å². The van der Waals surface area contributed by atoms with E-state index >= 15 is 0 Å². The van der Waals surface area contributed by atoms with Crippen molar-refractivity contribution in [3.63, 3.8) is 0 Å². The summed E-state index contributed by atoms with van der Waals surface area (Å²) < 4.78 is 0. The van der Waals surface area contributed by atoms with Crippen molar-refractivity contribution in [2.24, 2.45) is 0 Å². The van der Waals surface area contributed by atoms with Crippen LogP contribution in [0.2, 0.25) is 5.02 Å². The predicted molar refractivity (Wildman–Crippen MR) is 78.3 cm³/mol. The van der Waals surface area contributed by atoms with Gasteiger partial charge in [0.1, 0.15) is 0 Å². The van der Waals surface area contributed by atoms with Gasteiger partial charge in [-0.2, -0.15) is 0 Å². The molecule has 0 aliphatic rings. The molecule has 0 fully saturated rings. The van der Waals surface area contributed by atoms with Gasteiger partial charge in [0, 0.05) is 18.6 Å². The van der Waals surface area contributed by atoms with E-state index in [-0.39, 0.29) is 6.04 Å². The molecular formula is C15H18ClN3. The van der Waals surface area contributed by atoms with Crippen molar-refractivity contribution in [2.45, 2.75) is 26.3 Å². The lowest BCUT2D eigenvalue weighted by Gasteiger charge is -2.19. The largest absolute Gasteiger partial charge is 0.309 e. The van der Waals surface area contributed by atoms with E-state index in [9.17, 15) is 0 Å². The fourth-order valence-electron chi connectivity index (χ4n) is 2.16. The van der Waals surface area contributed by atoms with Crippen molar-refractivity contribution in [3.05, 3.63) is 58.6 Å². The van der Waals surface area contributed by atoms with Gasteiger partial charge in [-0.05, 0) is 43.1 Å². The average Bonchev–Trinajstić information content (AvgIpc) is 2.41. The summed E-state index contributed by atoms with van der Waals surface area (Å²) in [7, 11) is 0. The Morgan fingerprint density at radius 3 is 2.84 bits per heavy atom. The number of likely N-dealkylation sites (N-methyl/N-ethyl adjacent to an activating group) is 1. The monoisotopic (exact) mass is 275 g/mol. The van der Waals surface area contributed by atoms with Crippen molar-refractivity contribution < 1.29 is 0 Å². The quantitative estimate of drug-likeness (QED) is 0.909. The highest BCUT2D eigenvalue weighted by Crippen LogP contribution is 2.23. The molecule has 1 N–H and O–H groups in total. The van der Waals surface area contributed by atoms with Crippen LogP contribution in [-0.4, -0.2) is 16.5 Å². The summed E-state index contributed by atoms with van der Waals surface area (Å²) in [6.07, 6.45) is 6.11. The number of rotatable bonds is 5. The molecule has 4 heteroatoms. The number of pyridine rings is 2. The highest BCUT2D eigenvalue weighted by Gasteiger charge is 2.16. The van der Waals surface area contributed by atoms with Crippen LogP contribution in [0.4, 0.5) is 0 Å². The van der Waals surface area contributed by atoms with Crippen LogP contribution in [0.15, 0.2) is 36.8 Å². The van der Waals surface area contributed by atoms with Crippen LogP contribution in [-0.2, 0) is 6.42 Å². The Hall–Kier alpha value is -1.45. The number of aromatic nitrogens is 2. The smallest absolute Gasteiger partial charge is 0.0622 e. The topological polar surface area (TPSA) is 37.8 Å². The van der Waals surface area contributed by atoms with Gasteiger partial charge in [-0.25, -0.2) is 0 Å². The zero-order valence-electron chi connectivity index (χ0n) is 11.2. The molecule has 19 heavy (non-hydrogen) atoms. The third kappa shape index (κ3) is 3.52. The maximum absolute atomic E-state index is 6.19. The van der Waals surface area contributed by atoms with Crippen molar-refractivity contribution in [2.75, 3.05) is 6.54 Å². The first-order chi connectivity index (χ1) is 9.22. The molecule has 0 spiro atoms. The summed E-state index contributed by atoms with van der Waals surface area (Å²) in [6.45, 7) is 5.07. The van der Waals surface area contributed by atoms with Crippen LogP contribution < -0.4 is 5.32 Å². The number of nitrogens with one attached hydrogen (secondary N) is 1. The maximum Gasteiger partial charge on any atom is 0.0622 e. The molecule has 2 heterocycles. The molecule has 1 unspecified atom stereocenters. The lowest BCUT2D eigenvalue weighted by atomic mass is 10.0. The first-order valence-electron chi connectivity index (χ1n) is 6.45. The van der Waals surface area contributed by atoms with E-state index < -0.39 is 0 Å². The second-order valence-electron chi connectivity index (χ2n) is 4.49. The van der Waals surface area contributed by atoms with Gasteiger partial charge in [0.25, 0.3) is 0 Å². The molecule has 100 valence electrons. The SMILES string of the molecule is CCNC(Cc1ccncc1Cl)c1ncccc1C. The Morgan fingerprint density at radius 1 is 1.32 bits per heavy atom. The molecule has 0 radical (unpaired) electrons. The van der Waals surface area contributed by atoms with Crippen molar-refractivity contribution in [1.82, 2.24) is 15.3 Å². The summed E-state index contributed by atoms with van der Waals surface area (Å²) in [4.78, 5) is 8.52. The second kappa shape index (κ2) is 6.64. The van der Waals surface area contributed by atoms with Gasteiger partial charge in [0.15, 0.2) is 0 Å². The summed E-state index contributed by atoms with van der Waals surface area (Å²) in [6, 6.07) is 6.18. The summed E-state index contributed by atoms with van der Waals surface area (Å²) in [5.41, 5.74) is 3.36. The van der Waals surface area contributed by atoms with E-state index in [0.717, 1.165) is 24.2 Å². The highest BCUT2D eigenvalue weighted by atomic mass is 35.5. The van der Waals surface area contributed by atoms with Gasteiger partial charge in [-0.3, -0.25) is 9.97 Å². The van der Waals surface area contributed by atoms with Gasteiger partial charge in [-0.15, -0.1) is 0 Å². The average molecular weight is 276 g/mol. The lowest BCUT2D eigenvalue weighted by Crippen LogP contribution is -2.24. The van der Waals surface area contributed by atoms with Crippen LogP contribution in [0, 0.1) is 6.92 Å². The van der Waals surface area contributed by atoms with Gasteiger partial charge in [0.05, 0.1) is 16.8 Å². The molecule has 1 atom stereocenters. The molecule has 2 aromatic rings. The number of aryl methyl sites for hydroxylation is 1. The van der Waals surface area contributed by atoms with E-state index in [1.807, 2.05) is 18.3 Å². The first-order valence-corrected chi connectivity index (χ1v) is 6.83. The van der Waals surface area contributed by atoms with Crippen LogP contribution in [0.25, 0.3) is 0 Å². The number of hydrogen-bond donors (Lipinski definition) is 1. The Bertz CT molecular complexity index is 542. The summed E-state index contributed by atoms with van der Waals surface area (Å²) >= 11 is 6.19. The van der Waals surface area contributed by atoms with Crippen LogP contribution in [0.5, 0.6) is 0 Å². The Morgan fingerprint density at radius 2 is 2.16 bits per heavy atom. The minimum Gasteiger partial charge on any atom is -0.309 e. The van der Waals surface area contributed by atoms with E-state index in [1.54, 1.807) is 12.4 Å². The molecule has 0 saturated carbocycles. The fourth-order valence-corrected chi connectivity index (χ4v) is 2.36. The molecule has 0 bridgehead atoms. The van der Waals surface area contributed by atoms with Gasteiger partial charge < -0.3 is 5.32 Å². The second-order valence-corrected chi connectivity index (χ2v) is 4.89. The molecule has 0 saturated heterocycles. The van der Waals surface area contributed by atoms with Crippen molar-refractivity contribution >= 4 is 11.6 Å². The molecule has 2 rings (SSSR count). The third-order valence-corrected chi connectivity index (χ3v) is 3.45. The predicted octanol–water partition coefficient (Wildman–Crippen LogP) is 3.33. The number of hydrogen-bond acceptors (Lipinski definition) is 3. The van der Waals surface area contributed by atoms with Gasteiger partial charge in [-0.1, -0.05) is 24.6 Å². The van der Waals surface area contributed by atoms with Crippen LogP contribution >= 0.6 is 11.6 Å². The summed E-state index contributed by atoms with van der Waals surface area (Å²) in [5.74, 6) is 0. The number of nitrogens with zero attached hydrogens (tertiary/aromatic N) is 2. The number of halogens is 1. The minimum atomic E-state index is 0.172. The summed E-state index contributed by atoms with van der Waals surface area (Å²) in [5, 5.41) is 4.18. The van der Waals surface area contributed by atoms with Crippen LogP contribution in [0.3, 0.4) is 0 Å². The molecule has 0 aliphatic heterocycles. The van der Waals surface area contributed by atoms with Crippen molar-refractivity contribution in [3.8, 4) is 0 Å². The molecule has 0 aromatic carbocycles. The van der Waals surface area contributed by atoms with Crippen molar-refractivity contribution in [1.29, 1.82) is 0 Å².